The molecule has 0 aromatic heterocycles. The SMILES string of the molecule is C[C@@]12C(=CC(=O)C3C[C@@H]31)C1(CC1)CC1C2C=C[C@@]2(C)C1C1CC1[C@@]21CCC(=O)O1. The minimum absolute atomic E-state index is 0.00893. The lowest BCUT2D eigenvalue weighted by Crippen LogP contribution is -2.56. The first-order valence-electron chi connectivity index (χ1n) is 12.0. The van der Waals surface area contributed by atoms with E-state index in [-0.39, 0.29) is 22.4 Å². The molecule has 0 aromatic rings. The number of ketones is 1. The molecule has 7 aliphatic carbocycles. The fourth-order valence-electron chi connectivity index (χ4n) is 10.2. The Hall–Kier alpha value is -1.38. The minimum Gasteiger partial charge on any atom is -0.458 e. The molecule has 0 N–H and O–H groups in total. The maximum absolute atomic E-state index is 12.7. The van der Waals surface area contributed by atoms with Gasteiger partial charge in [0, 0.05) is 23.7 Å². The molecule has 5 saturated carbocycles. The second kappa shape index (κ2) is 4.32. The van der Waals surface area contributed by atoms with Gasteiger partial charge in [-0.3, -0.25) is 9.59 Å². The van der Waals surface area contributed by atoms with Gasteiger partial charge in [0.2, 0.25) is 0 Å². The van der Waals surface area contributed by atoms with Crippen LogP contribution in [0.4, 0.5) is 0 Å². The van der Waals surface area contributed by atoms with Crippen LogP contribution in [0.15, 0.2) is 23.8 Å². The Bertz CT molecular complexity index is 970. The summed E-state index contributed by atoms with van der Waals surface area (Å²) in [5.74, 6) is 4.58. The highest BCUT2D eigenvalue weighted by atomic mass is 16.6. The molecule has 0 amide bonds. The van der Waals surface area contributed by atoms with Gasteiger partial charge in [-0.1, -0.05) is 31.6 Å². The van der Waals surface area contributed by atoms with Crippen LogP contribution >= 0.6 is 0 Å². The zero-order valence-electron chi connectivity index (χ0n) is 17.4. The molecule has 6 fully saturated rings. The molecular weight excluding hydrogens is 360 g/mol. The summed E-state index contributed by atoms with van der Waals surface area (Å²) in [5, 5.41) is 0. The lowest BCUT2D eigenvalue weighted by molar-refractivity contribution is -0.162. The lowest BCUT2D eigenvalue weighted by atomic mass is 9.45. The van der Waals surface area contributed by atoms with Crippen molar-refractivity contribution in [3.05, 3.63) is 23.8 Å². The van der Waals surface area contributed by atoms with E-state index in [1.807, 2.05) is 0 Å². The van der Waals surface area contributed by atoms with Crippen molar-refractivity contribution < 1.29 is 14.3 Å². The maximum atomic E-state index is 12.7. The van der Waals surface area contributed by atoms with Gasteiger partial charge in [-0.2, -0.15) is 0 Å². The van der Waals surface area contributed by atoms with Crippen LogP contribution in [-0.4, -0.2) is 17.4 Å². The monoisotopic (exact) mass is 390 g/mol. The Morgan fingerprint density at radius 1 is 1.03 bits per heavy atom. The molecule has 8 rings (SSSR count). The second-order valence-electron chi connectivity index (χ2n) is 12.4. The quantitative estimate of drug-likeness (QED) is 0.453. The van der Waals surface area contributed by atoms with Gasteiger partial charge in [-0.25, -0.2) is 0 Å². The van der Waals surface area contributed by atoms with E-state index < -0.39 is 0 Å². The summed E-state index contributed by atoms with van der Waals surface area (Å²) >= 11 is 0. The Morgan fingerprint density at radius 2 is 1.86 bits per heavy atom. The fourth-order valence-corrected chi connectivity index (χ4v) is 10.2. The van der Waals surface area contributed by atoms with E-state index in [1.165, 1.54) is 31.3 Å². The molecule has 3 heteroatoms. The van der Waals surface area contributed by atoms with Crippen LogP contribution in [0.3, 0.4) is 0 Å². The van der Waals surface area contributed by atoms with Gasteiger partial charge in [0.1, 0.15) is 5.60 Å². The molecular formula is C26H30O3. The van der Waals surface area contributed by atoms with E-state index in [9.17, 15) is 9.59 Å². The normalized spacial score (nSPS) is 61.3. The largest absolute Gasteiger partial charge is 0.458 e. The molecule has 2 spiro atoms. The summed E-state index contributed by atoms with van der Waals surface area (Å²) in [6.45, 7) is 4.94. The molecule has 1 aliphatic heterocycles. The zero-order valence-corrected chi connectivity index (χ0v) is 17.4. The number of hydrogen-bond acceptors (Lipinski definition) is 3. The average Bonchev–Trinajstić information content (AvgIpc) is 3.57. The van der Waals surface area contributed by atoms with Crippen molar-refractivity contribution in [1.29, 1.82) is 0 Å². The lowest BCUT2D eigenvalue weighted by Gasteiger charge is -2.59. The molecule has 29 heavy (non-hydrogen) atoms. The van der Waals surface area contributed by atoms with Crippen molar-refractivity contribution >= 4 is 11.8 Å². The smallest absolute Gasteiger partial charge is 0.306 e. The van der Waals surface area contributed by atoms with E-state index >= 15 is 0 Å². The van der Waals surface area contributed by atoms with Gasteiger partial charge in [-0.05, 0) is 85.0 Å². The van der Waals surface area contributed by atoms with Crippen molar-refractivity contribution in [2.45, 2.75) is 64.4 Å². The van der Waals surface area contributed by atoms with Gasteiger partial charge in [0.25, 0.3) is 0 Å². The highest BCUT2D eigenvalue weighted by molar-refractivity contribution is 5.96. The standard InChI is InChI=1S/C26H30O3/c1-23-5-3-16-15(22(23)14-10-18(14)26(23)6-4-21(28)29-26)12-25(7-8-25)20-11-19(27)13-9-17(13)24(16,20)2/h3,5,11,13-18,22H,4,6-10,12H2,1-2H3/t13?,14?,15?,16?,17-,18?,22?,23-,24-,26-/m0/s1. The summed E-state index contributed by atoms with van der Waals surface area (Å²) in [4.78, 5) is 24.9. The van der Waals surface area contributed by atoms with Crippen LogP contribution in [0, 0.1) is 57.7 Å². The average molecular weight is 391 g/mol. The summed E-state index contributed by atoms with van der Waals surface area (Å²) in [7, 11) is 0. The van der Waals surface area contributed by atoms with Gasteiger partial charge in [-0.15, -0.1) is 0 Å². The van der Waals surface area contributed by atoms with Crippen LogP contribution in [0.5, 0.6) is 0 Å². The predicted octanol–water partition coefficient (Wildman–Crippen LogP) is 4.47. The molecule has 8 aliphatic rings. The zero-order chi connectivity index (χ0) is 19.6. The number of carbonyl (C=O) groups is 2. The molecule has 10 atom stereocenters. The molecule has 152 valence electrons. The molecule has 6 unspecified atom stereocenters. The number of fused-ring (bicyclic) bond motifs is 12. The highest BCUT2D eigenvalue weighted by Gasteiger charge is 2.80. The molecule has 0 aromatic carbocycles. The summed E-state index contributed by atoms with van der Waals surface area (Å²) in [5.41, 5.74) is 1.82. The predicted molar refractivity (Wildman–Crippen MR) is 106 cm³/mol. The van der Waals surface area contributed by atoms with Crippen LogP contribution in [-0.2, 0) is 14.3 Å². The summed E-state index contributed by atoms with van der Waals surface area (Å²) in [6, 6.07) is 0. The highest BCUT2D eigenvalue weighted by Crippen LogP contribution is 2.82. The minimum atomic E-state index is -0.223. The van der Waals surface area contributed by atoms with E-state index in [2.05, 4.69) is 32.1 Å². The van der Waals surface area contributed by atoms with E-state index in [0.29, 0.717) is 53.1 Å². The number of esters is 1. The van der Waals surface area contributed by atoms with Crippen molar-refractivity contribution in [3.8, 4) is 0 Å². The third kappa shape index (κ3) is 1.53. The molecule has 0 bridgehead atoms. The third-order valence-electron chi connectivity index (χ3n) is 11.6. The van der Waals surface area contributed by atoms with Gasteiger partial charge in [0.05, 0.1) is 0 Å². The first-order valence-corrected chi connectivity index (χ1v) is 12.0. The topological polar surface area (TPSA) is 43.4 Å². The van der Waals surface area contributed by atoms with Crippen molar-refractivity contribution in [2.75, 3.05) is 0 Å². The van der Waals surface area contributed by atoms with Crippen molar-refractivity contribution in [3.63, 3.8) is 0 Å². The van der Waals surface area contributed by atoms with E-state index in [1.54, 1.807) is 0 Å². The molecule has 1 saturated heterocycles. The van der Waals surface area contributed by atoms with E-state index in [0.717, 1.165) is 18.8 Å². The fraction of sp³-hybridized carbons (Fsp3) is 0.769. The first-order chi connectivity index (χ1) is 13.8. The van der Waals surface area contributed by atoms with Crippen LogP contribution in [0.1, 0.15) is 58.8 Å². The van der Waals surface area contributed by atoms with Gasteiger partial charge >= 0.3 is 5.97 Å². The Labute approximate surface area is 172 Å². The summed E-state index contributed by atoms with van der Waals surface area (Å²) in [6.07, 6.45) is 14.9. The van der Waals surface area contributed by atoms with Gasteiger partial charge < -0.3 is 4.74 Å². The Balaban J connectivity index is 1.30. The number of ether oxygens (including phenoxy) is 1. The molecule has 1 heterocycles. The number of hydrogen-bond donors (Lipinski definition) is 0. The number of allylic oxidation sites excluding steroid dienone is 3. The summed E-state index contributed by atoms with van der Waals surface area (Å²) < 4.78 is 6.21. The molecule has 0 radical (unpaired) electrons. The Morgan fingerprint density at radius 3 is 2.59 bits per heavy atom. The van der Waals surface area contributed by atoms with E-state index in [4.69, 9.17) is 4.74 Å². The van der Waals surface area contributed by atoms with Crippen LogP contribution in [0.2, 0.25) is 0 Å². The van der Waals surface area contributed by atoms with Gasteiger partial charge in [0.15, 0.2) is 5.78 Å². The Kier molecular flexibility index (Phi) is 2.43. The molecule has 3 nitrogen and oxygen atoms in total. The number of rotatable bonds is 0. The van der Waals surface area contributed by atoms with Crippen LogP contribution < -0.4 is 0 Å². The maximum Gasteiger partial charge on any atom is 0.306 e. The number of carbonyl (C=O) groups excluding carboxylic acids is 2. The first kappa shape index (κ1) is 16.3. The second-order valence-corrected chi connectivity index (χ2v) is 12.4. The van der Waals surface area contributed by atoms with Crippen molar-refractivity contribution in [1.82, 2.24) is 0 Å². The van der Waals surface area contributed by atoms with Crippen molar-refractivity contribution in [2.24, 2.45) is 57.7 Å². The van der Waals surface area contributed by atoms with Crippen LogP contribution in [0.25, 0.3) is 0 Å². The third-order valence-corrected chi connectivity index (χ3v) is 11.6.